The number of aromatic hydroxyl groups is 2. The Bertz CT molecular complexity index is 1520. The molecule has 2 aromatic carbocycles. The van der Waals surface area contributed by atoms with E-state index in [2.05, 4.69) is 15.4 Å². The predicted molar refractivity (Wildman–Crippen MR) is 125 cm³/mol. The van der Waals surface area contributed by atoms with Gasteiger partial charge in [0.05, 0.1) is 18.0 Å². The molecular formula is C25H19FN4O5. The number of aromatic nitrogens is 2. The van der Waals surface area contributed by atoms with Crippen LogP contribution in [0.1, 0.15) is 39.7 Å². The monoisotopic (exact) mass is 474 g/mol. The van der Waals surface area contributed by atoms with E-state index in [1.807, 2.05) is 0 Å². The summed E-state index contributed by atoms with van der Waals surface area (Å²) in [6.07, 6.45) is 1.52. The lowest BCUT2D eigenvalue weighted by atomic mass is 9.96. The summed E-state index contributed by atoms with van der Waals surface area (Å²) in [7, 11) is 0. The molecule has 176 valence electrons. The van der Waals surface area contributed by atoms with Gasteiger partial charge in [0.2, 0.25) is 0 Å². The van der Waals surface area contributed by atoms with Crippen molar-refractivity contribution in [2.24, 2.45) is 4.99 Å². The summed E-state index contributed by atoms with van der Waals surface area (Å²) >= 11 is 0. The molecule has 0 fully saturated rings. The zero-order chi connectivity index (χ0) is 24.7. The molecule has 0 spiro atoms. The van der Waals surface area contributed by atoms with Crippen LogP contribution in [0.15, 0.2) is 75.0 Å². The fourth-order valence-corrected chi connectivity index (χ4v) is 4.01. The van der Waals surface area contributed by atoms with E-state index < -0.39 is 23.4 Å². The number of phenols is 1. The zero-order valence-corrected chi connectivity index (χ0v) is 18.4. The highest BCUT2D eigenvalue weighted by molar-refractivity contribution is 6.10. The van der Waals surface area contributed by atoms with Gasteiger partial charge in [-0.2, -0.15) is 5.10 Å². The SMILES string of the molecule is Cc1cc(O)c(C2=Nc3c(C(=O)Nc4ccc(F)cc4)cnn3[C@@H](c3ccc(O)cc3)C2)c(=O)o1. The van der Waals surface area contributed by atoms with Gasteiger partial charge in [0.1, 0.15) is 34.2 Å². The van der Waals surface area contributed by atoms with Crippen molar-refractivity contribution in [3.63, 3.8) is 0 Å². The highest BCUT2D eigenvalue weighted by Crippen LogP contribution is 2.37. The fraction of sp³-hybridized carbons (Fsp3) is 0.120. The first kappa shape index (κ1) is 22.1. The number of aliphatic imine (C=N–C) groups is 1. The highest BCUT2D eigenvalue weighted by atomic mass is 19.1. The van der Waals surface area contributed by atoms with Crippen LogP contribution < -0.4 is 10.9 Å². The summed E-state index contributed by atoms with van der Waals surface area (Å²) < 4.78 is 19.9. The Balaban J connectivity index is 1.62. The van der Waals surface area contributed by atoms with E-state index in [1.54, 1.807) is 23.7 Å². The van der Waals surface area contributed by atoms with E-state index >= 15 is 0 Å². The third kappa shape index (κ3) is 4.17. The first-order valence-corrected chi connectivity index (χ1v) is 10.6. The Morgan fingerprint density at radius 2 is 1.86 bits per heavy atom. The minimum atomic E-state index is -0.754. The first-order chi connectivity index (χ1) is 16.8. The lowest BCUT2D eigenvalue weighted by Crippen LogP contribution is -2.25. The van der Waals surface area contributed by atoms with E-state index in [1.165, 1.54) is 48.7 Å². The average Bonchev–Trinajstić information content (AvgIpc) is 3.24. The molecule has 1 atom stereocenters. The van der Waals surface area contributed by atoms with Gasteiger partial charge in [0.25, 0.3) is 5.91 Å². The Morgan fingerprint density at radius 1 is 1.14 bits per heavy atom. The molecule has 2 aromatic heterocycles. The van der Waals surface area contributed by atoms with Gasteiger partial charge in [-0.1, -0.05) is 12.1 Å². The van der Waals surface area contributed by atoms with Crippen molar-refractivity contribution in [1.29, 1.82) is 0 Å². The molecule has 1 aliphatic rings. The van der Waals surface area contributed by atoms with Crippen LogP contribution in [-0.2, 0) is 0 Å². The number of rotatable bonds is 4. The molecule has 0 saturated carbocycles. The molecule has 9 nitrogen and oxygen atoms in total. The minimum Gasteiger partial charge on any atom is -0.508 e. The lowest BCUT2D eigenvalue weighted by molar-refractivity contribution is 0.102. The standard InChI is InChI=1S/C25H19FN4O5/c1-13-10-21(32)22(25(34)35-13)19-11-20(14-2-8-17(31)9-3-14)30-23(29-19)18(12-27-30)24(33)28-16-6-4-15(26)5-7-16/h2-10,12,20,31-32H,11H2,1H3,(H,28,33)/t20-/m1/s1. The van der Waals surface area contributed by atoms with Gasteiger partial charge >= 0.3 is 5.63 Å². The number of nitrogens with zero attached hydrogens (tertiary/aromatic N) is 3. The summed E-state index contributed by atoms with van der Waals surface area (Å²) in [6.45, 7) is 1.54. The molecule has 0 radical (unpaired) electrons. The van der Waals surface area contributed by atoms with Crippen LogP contribution in [0.25, 0.3) is 0 Å². The number of carbonyl (C=O) groups is 1. The summed E-state index contributed by atoms with van der Waals surface area (Å²) in [4.78, 5) is 30.2. The van der Waals surface area contributed by atoms with Crippen molar-refractivity contribution >= 4 is 23.1 Å². The number of nitrogens with one attached hydrogen (secondary N) is 1. The molecule has 0 unspecified atom stereocenters. The van der Waals surface area contributed by atoms with Crippen LogP contribution in [0.5, 0.6) is 11.5 Å². The number of hydrogen-bond acceptors (Lipinski definition) is 7. The van der Waals surface area contributed by atoms with Gasteiger partial charge in [-0.3, -0.25) is 4.79 Å². The number of hydrogen-bond donors (Lipinski definition) is 3. The summed E-state index contributed by atoms with van der Waals surface area (Å²) in [5.41, 5.74) is 0.599. The number of benzene rings is 2. The molecule has 0 saturated heterocycles. The summed E-state index contributed by atoms with van der Waals surface area (Å²) in [5.74, 6) is -0.765. The summed E-state index contributed by atoms with van der Waals surface area (Å²) in [5, 5.41) is 27.3. The smallest absolute Gasteiger partial charge is 0.348 e. The predicted octanol–water partition coefficient (Wildman–Crippen LogP) is 4.06. The Morgan fingerprint density at radius 3 is 2.54 bits per heavy atom. The van der Waals surface area contributed by atoms with Crippen molar-refractivity contribution in [3.05, 3.63) is 99.5 Å². The van der Waals surface area contributed by atoms with Crippen molar-refractivity contribution in [1.82, 2.24) is 9.78 Å². The van der Waals surface area contributed by atoms with Gasteiger partial charge in [-0.25, -0.2) is 18.9 Å². The van der Waals surface area contributed by atoms with E-state index in [0.717, 1.165) is 5.56 Å². The molecule has 35 heavy (non-hydrogen) atoms. The van der Waals surface area contributed by atoms with Crippen LogP contribution in [0.2, 0.25) is 0 Å². The van der Waals surface area contributed by atoms with Crippen molar-refractivity contribution in [3.8, 4) is 11.5 Å². The molecule has 1 amide bonds. The third-order valence-corrected chi connectivity index (χ3v) is 5.66. The topological polar surface area (TPSA) is 130 Å². The molecule has 5 rings (SSSR count). The van der Waals surface area contributed by atoms with Crippen LogP contribution in [-0.4, -0.2) is 31.6 Å². The molecule has 3 heterocycles. The number of carbonyl (C=O) groups excluding carboxylic acids is 1. The Labute approximate surface area is 197 Å². The molecule has 0 bridgehead atoms. The quantitative estimate of drug-likeness (QED) is 0.409. The van der Waals surface area contributed by atoms with Gasteiger partial charge in [-0.15, -0.1) is 0 Å². The molecular weight excluding hydrogens is 455 g/mol. The second kappa shape index (κ2) is 8.56. The first-order valence-electron chi connectivity index (χ1n) is 10.6. The third-order valence-electron chi connectivity index (χ3n) is 5.66. The largest absolute Gasteiger partial charge is 0.508 e. The Kier molecular flexibility index (Phi) is 5.40. The molecule has 3 N–H and O–H groups in total. The van der Waals surface area contributed by atoms with Gasteiger partial charge in [-0.05, 0) is 48.9 Å². The molecule has 10 heteroatoms. The number of fused-ring (bicyclic) bond motifs is 1. The zero-order valence-electron chi connectivity index (χ0n) is 18.4. The van der Waals surface area contributed by atoms with Gasteiger partial charge in [0, 0.05) is 18.2 Å². The molecule has 1 aliphatic heterocycles. The maximum Gasteiger partial charge on any atom is 0.348 e. The number of halogens is 1. The van der Waals surface area contributed by atoms with E-state index in [4.69, 9.17) is 4.42 Å². The number of aryl methyl sites for hydroxylation is 1. The van der Waals surface area contributed by atoms with Gasteiger partial charge < -0.3 is 19.9 Å². The maximum atomic E-state index is 13.2. The number of anilines is 1. The van der Waals surface area contributed by atoms with Crippen molar-refractivity contribution < 1.29 is 23.8 Å². The normalized spacial score (nSPS) is 14.8. The Hall–Kier alpha value is -4.73. The molecule has 4 aromatic rings. The van der Waals surface area contributed by atoms with Crippen LogP contribution in [0, 0.1) is 12.7 Å². The second-order valence-corrected chi connectivity index (χ2v) is 8.06. The van der Waals surface area contributed by atoms with Crippen molar-refractivity contribution in [2.75, 3.05) is 5.32 Å². The van der Waals surface area contributed by atoms with E-state index in [9.17, 15) is 24.2 Å². The van der Waals surface area contributed by atoms with E-state index in [0.29, 0.717) is 5.69 Å². The second-order valence-electron chi connectivity index (χ2n) is 8.06. The van der Waals surface area contributed by atoms with Crippen LogP contribution >= 0.6 is 0 Å². The minimum absolute atomic E-state index is 0.0790. The highest BCUT2D eigenvalue weighted by Gasteiger charge is 2.32. The van der Waals surface area contributed by atoms with Crippen molar-refractivity contribution in [2.45, 2.75) is 19.4 Å². The average molecular weight is 474 g/mol. The number of phenolic OH excluding ortho intramolecular Hbond substituents is 1. The maximum absolute atomic E-state index is 13.2. The van der Waals surface area contributed by atoms with Gasteiger partial charge in [0.15, 0.2) is 5.82 Å². The lowest BCUT2D eigenvalue weighted by Gasteiger charge is -2.25. The van der Waals surface area contributed by atoms with E-state index in [-0.39, 0.29) is 46.3 Å². The fourth-order valence-electron chi connectivity index (χ4n) is 4.01. The number of amides is 1. The van der Waals surface area contributed by atoms with Crippen LogP contribution in [0.4, 0.5) is 15.9 Å². The summed E-state index contributed by atoms with van der Waals surface area (Å²) in [6, 6.07) is 12.6. The van der Waals surface area contributed by atoms with Crippen LogP contribution in [0.3, 0.4) is 0 Å². The molecule has 0 aliphatic carbocycles.